The Kier molecular flexibility index (Phi) is 4.10. The van der Waals surface area contributed by atoms with Gasteiger partial charge in [0.05, 0.1) is 24.2 Å². The van der Waals surface area contributed by atoms with E-state index in [1.165, 1.54) is 0 Å². The third kappa shape index (κ3) is 2.96. The summed E-state index contributed by atoms with van der Waals surface area (Å²) in [5.41, 5.74) is 2.67. The molecule has 1 aromatic carbocycles. The van der Waals surface area contributed by atoms with E-state index in [1.54, 1.807) is 7.11 Å². The molecule has 1 aliphatic rings. The predicted octanol–water partition coefficient (Wildman–Crippen LogP) is 2.18. The largest absolute Gasteiger partial charge is 0.497 e. The second-order valence-corrected chi connectivity index (χ2v) is 6.35. The number of rotatable bonds is 3. The van der Waals surface area contributed by atoms with Crippen LogP contribution in [0.4, 0.5) is 0 Å². The number of nitrogens with one attached hydrogen (secondary N) is 1. The Balaban J connectivity index is 1.79. The van der Waals surface area contributed by atoms with Gasteiger partial charge in [-0.15, -0.1) is 0 Å². The third-order valence-corrected chi connectivity index (χ3v) is 4.63. The maximum absolute atomic E-state index is 5.60. The molecule has 7 nitrogen and oxygen atoms in total. The number of fused-ring (bicyclic) bond motifs is 1. The van der Waals surface area contributed by atoms with Crippen molar-refractivity contribution in [1.82, 2.24) is 25.3 Å². The van der Waals surface area contributed by atoms with E-state index in [0.717, 1.165) is 47.5 Å². The van der Waals surface area contributed by atoms with Crippen molar-refractivity contribution in [2.75, 3.05) is 33.8 Å². The summed E-state index contributed by atoms with van der Waals surface area (Å²) in [5.74, 6) is 1.99. The van der Waals surface area contributed by atoms with Gasteiger partial charge in [-0.25, -0.2) is 0 Å². The first-order chi connectivity index (χ1) is 12.2. The lowest BCUT2D eigenvalue weighted by atomic mass is 10.1. The number of methoxy groups -OCH3 is 1. The number of aromatic nitrogens is 3. The minimum absolute atomic E-state index is 0.120. The quantitative estimate of drug-likeness (QED) is 0.784. The van der Waals surface area contributed by atoms with Crippen LogP contribution in [0.15, 0.2) is 28.8 Å². The summed E-state index contributed by atoms with van der Waals surface area (Å²) in [7, 11) is 3.73. The minimum Gasteiger partial charge on any atom is -0.497 e. The molecule has 0 spiro atoms. The van der Waals surface area contributed by atoms with Crippen molar-refractivity contribution in [3.8, 4) is 17.2 Å². The second-order valence-electron chi connectivity index (χ2n) is 6.35. The summed E-state index contributed by atoms with van der Waals surface area (Å²) in [6.45, 7) is 4.72. The Labute approximate surface area is 146 Å². The fourth-order valence-corrected chi connectivity index (χ4v) is 3.22. The van der Waals surface area contributed by atoms with Crippen molar-refractivity contribution in [3.05, 3.63) is 35.8 Å². The molecule has 4 rings (SSSR count). The SMILES string of the molecule is COc1ccc2nc(C)cc(-c3nc(C4CNCCN4C)no3)c2c1. The van der Waals surface area contributed by atoms with Gasteiger partial charge in [0.15, 0.2) is 5.82 Å². The fraction of sp³-hybridized carbons (Fsp3) is 0.389. The van der Waals surface area contributed by atoms with Gasteiger partial charge in [-0.1, -0.05) is 5.16 Å². The summed E-state index contributed by atoms with van der Waals surface area (Å²) in [6, 6.07) is 7.90. The molecule has 1 fully saturated rings. The molecule has 3 heterocycles. The first-order valence-corrected chi connectivity index (χ1v) is 8.36. The highest BCUT2D eigenvalue weighted by molar-refractivity contribution is 5.93. The first-order valence-electron chi connectivity index (χ1n) is 8.36. The van der Waals surface area contributed by atoms with Gasteiger partial charge in [-0.3, -0.25) is 9.88 Å². The molecular weight excluding hydrogens is 318 g/mol. The van der Waals surface area contributed by atoms with Crippen LogP contribution in [0.25, 0.3) is 22.4 Å². The lowest BCUT2D eigenvalue weighted by Crippen LogP contribution is -2.44. The van der Waals surface area contributed by atoms with Crippen molar-refractivity contribution in [2.45, 2.75) is 13.0 Å². The van der Waals surface area contributed by atoms with Crippen molar-refractivity contribution in [2.24, 2.45) is 0 Å². The monoisotopic (exact) mass is 339 g/mol. The highest BCUT2D eigenvalue weighted by atomic mass is 16.5. The van der Waals surface area contributed by atoms with Crippen LogP contribution in [0.5, 0.6) is 5.75 Å². The number of hydrogen-bond acceptors (Lipinski definition) is 7. The molecule has 1 N–H and O–H groups in total. The zero-order valence-electron chi connectivity index (χ0n) is 14.6. The van der Waals surface area contributed by atoms with E-state index >= 15 is 0 Å². The molecule has 1 atom stereocenters. The van der Waals surface area contributed by atoms with Crippen LogP contribution in [0.3, 0.4) is 0 Å². The molecule has 1 aliphatic heterocycles. The van der Waals surface area contributed by atoms with Crippen LogP contribution in [0.2, 0.25) is 0 Å². The van der Waals surface area contributed by atoms with Gasteiger partial charge in [0, 0.05) is 30.7 Å². The zero-order chi connectivity index (χ0) is 17.4. The highest BCUT2D eigenvalue weighted by Gasteiger charge is 2.26. The minimum atomic E-state index is 0.120. The van der Waals surface area contributed by atoms with Crippen LogP contribution in [0, 0.1) is 6.92 Å². The maximum atomic E-state index is 5.60. The van der Waals surface area contributed by atoms with Crippen LogP contribution >= 0.6 is 0 Å². The number of ether oxygens (including phenoxy) is 1. The van der Waals surface area contributed by atoms with Crippen molar-refractivity contribution < 1.29 is 9.26 Å². The average Bonchev–Trinajstić information content (AvgIpc) is 3.10. The number of piperazine rings is 1. The molecule has 0 bridgehead atoms. The van der Waals surface area contributed by atoms with E-state index in [1.807, 2.05) is 31.2 Å². The summed E-state index contributed by atoms with van der Waals surface area (Å²) < 4.78 is 11.0. The fourth-order valence-electron chi connectivity index (χ4n) is 3.22. The topological polar surface area (TPSA) is 76.3 Å². The maximum Gasteiger partial charge on any atom is 0.258 e. The number of pyridine rings is 1. The van der Waals surface area contributed by atoms with Gasteiger partial charge >= 0.3 is 0 Å². The Hall–Kier alpha value is -2.51. The summed E-state index contributed by atoms with van der Waals surface area (Å²) in [6.07, 6.45) is 0. The Morgan fingerprint density at radius 3 is 2.96 bits per heavy atom. The number of nitrogens with zero attached hydrogens (tertiary/aromatic N) is 4. The molecule has 25 heavy (non-hydrogen) atoms. The molecule has 2 aromatic heterocycles. The van der Waals surface area contributed by atoms with Crippen LogP contribution in [0.1, 0.15) is 17.6 Å². The van der Waals surface area contributed by atoms with Crippen LogP contribution in [-0.2, 0) is 0 Å². The number of likely N-dealkylation sites (N-methyl/N-ethyl adjacent to an activating group) is 1. The van der Waals surface area contributed by atoms with E-state index in [9.17, 15) is 0 Å². The standard InChI is InChI=1S/C18H21N5O2/c1-11-8-14(13-9-12(24-3)4-5-15(13)20-11)18-21-17(22-25-18)16-10-19-6-7-23(16)2/h4-5,8-9,16,19H,6-7,10H2,1-3H3. The number of benzene rings is 1. The molecule has 0 radical (unpaired) electrons. The molecular formula is C18H21N5O2. The van der Waals surface area contributed by atoms with Gasteiger partial charge in [0.1, 0.15) is 5.75 Å². The van der Waals surface area contributed by atoms with Crippen molar-refractivity contribution in [3.63, 3.8) is 0 Å². The van der Waals surface area contributed by atoms with Gasteiger partial charge in [0.25, 0.3) is 5.89 Å². The van der Waals surface area contributed by atoms with Gasteiger partial charge in [0.2, 0.25) is 0 Å². The van der Waals surface area contributed by atoms with Crippen LogP contribution < -0.4 is 10.1 Å². The van der Waals surface area contributed by atoms with Crippen molar-refractivity contribution >= 4 is 10.9 Å². The van der Waals surface area contributed by atoms with Gasteiger partial charge in [-0.2, -0.15) is 4.98 Å². The summed E-state index contributed by atoms with van der Waals surface area (Å²) in [5, 5.41) is 8.54. The lowest BCUT2D eigenvalue weighted by molar-refractivity contribution is 0.190. The van der Waals surface area contributed by atoms with Gasteiger partial charge < -0.3 is 14.6 Å². The highest BCUT2D eigenvalue weighted by Crippen LogP contribution is 2.31. The second kappa shape index (κ2) is 6.42. The zero-order valence-corrected chi connectivity index (χ0v) is 14.6. The molecule has 0 amide bonds. The molecule has 130 valence electrons. The van der Waals surface area contributed by atoms with E-state index < -0.39 is 0 Å². The normalized spacial score (nSPS) is 18.6. The summed E-state index contributed by atoms with van der Waals surface area (Å²) >= 11 is 0. The Morgan fingerprint density at radius 2 is 2.16 bits per heavy atom. The summed E-state index contributed by atoms with van der Waals surface area (Å²) in [4.78, 5) is 11.5. The lowest BCUT2D eigenvalue weighted by Gasteiger charge is -2.30. The van der Waals surface area contributed by atoms with Crippen LogP contribution in [-0.4, -0.2) is 53.8 Å². The Bertz CT molecular complexity index is 908. The molecule has 0 saturated carbocycles. The first kappa shape index (κ1) is 16.0. The molecule has 7 heteroatoms. The average molecular weight is 339 g/mol. The smallest absolute Gasteiger partial charge is 0.258 e. The van der Waals surface area contributed by atoms with E-state index in [4.69, 9.17) is 9.26 Å². The molecule has 0 aliphatic carbocycles. The Morgan fingerprint density at radius 1 is 1.28 bits per heavy atom. The van der Waals surface area contributed by atoms with Crippen molar-refractivity contribution in [1.29, 1.82) is 0 Å². The predicted molar refractivity (Wildman–Crippen MR) is 94.6 cm³/mol. The van der Waals surface area contributed by atoms with Gasteiger partial charge in [-0.05, 0) is 38.2 Å². The van der Waals surface area contributed by atoms with E-state index in [-0.39, 0.29) is 6.04 Å². The molecule has 1 unspecified atom stereocenters. The third-order valence-electron chi connectivity index (χ3n) is 4.63. The number of aryl methyl sites for hydroxylation is 1. The molecule has 1 saturated heterocycles. The number of hydrogen-bond donors (Lipinski definition) is 1. The van der Waals surface area contributed by atoms with E-state index in [0.29, 0.717) is 11.7 Å². The molecule has 3 aromatic rings. The van der Waals surface area contributed by atoms with E-state index in [2.05, 4.69) is 32.4 Å².